The third kappa shape index (κ3) is 4.98. The highest BCUT2D eigenvalue weighted by atomic mass is 35.5. The Kier molecular flexibility index (Phi) is 5.93. The van der Waals surface area contributed by atoms with Crippen molar-refractivity contribution in [2.75, 3.05) is 13.6 Å². The normalized spacial score (nSPS) is 10.6. The first-order chi connectivity index (χ1) is 13.0. The van der Waals surface area contributed by atoms with E-state index >= 15 is 0 Å². The number of aromatic nitrogens is 2. The predicted molar refractivity (Wildman–Crippen MR) is 100 cm³/mol. The van der Waals surface area contributed by atoms with Crippen molar-refractivity contribution in [3.8, 4) is 0 Å². The Morgan fingerprint density at radius 2 is 2.07 bits per heavy atom. The molecule has 0 fully saturated rings. The van der Waals surface area contributed by atoms with E-state index in [0.29, 0.717) is 22.9 Å². The summed E-state index contributed by atoms with van der Waals surface area (Å²) >= 11 is 6.15. The number of carbonyl (C=O) groups excluding carboxylic acids is 2. The average Bonchev–Trinajstić information content (AvgIpc) is 3.33. The fourth-order valence-corrected chi connectivity index (χ4v) is 2.72. The summed E-state index contributed by atoms with van der Waals surface area (Å²) in [5.74, 6) is 0.0949. The lowest BCUT2D eigenvalue weighted by Crippen LogP contribution is -2.38. The van der Waals surface area contributed by atoms with Gasteiger partial charge >= 0.3 is 0 Å². The van der Waals surface area contributed by atoms with Crippen molar-refractivity contribution >= 4 is 23.4 Å². The number of nitrogens with one attached hydrogen (secondary N) is 1. The zero-order chi connectivity index (χ0) is 19.2. The summed E-state index contributed by atoms with van der Waals surface area (Å²) in [6.07, 6.45) is 4.66. The van der Waals surface area contributed by atoms with Crippen LogP contribution < -0.4 is 5.32 Å². The second kappa shape index (κ2) is 8.55. The maximum Gasteiger partial charge on any atom is 0.257 e. The molecule has 8 heteroatoms. The van der Waals surface area contributed by atoms with Crippen LogP contribution in [0.4, 0.5) is 0 Å². The average molecular weight is 387 g/mol. The van der Waals surface area contributed by atoms with E-state index in [9.17, 15) is 9.59 Å². The first-order valence-electron chi connectivity index (χ1n) is 8.33. The summed E-state index contributed by atoms with van der Waals surface area (Å²) in [7, 11) is 1.57. The molecule has 0 atom stereocenters. The molecule has 7 nitrogen and oxygen atoms in total. The van der Waals surface area contributed by atoms with Gasteiger partial charge in [0.25, 0.3) is 5.91 Å². The largest absolute Gasteiger partial charge is 0.467 e. The second-order valence-electron chi connectivity index (χ2n) is 6.04. The van der Waals surface area contributed by atoms with Gasteiger partial charge in [0.1, 0.15) is 5.76 Å². The van der Waals surface area contributed by atoms with Crippen LogP contribution >= 0.6 is 11.6 Å². The molecular formula is C19H19ClN4O3. The van der Waals surface area contributed by atoms with Gasteiger partial charge in [0, 0.05) is 18.3 Å². The van der Waals surface area contributed by atoms with E-state index in [0.717, 1.165) is 5.56 Å². The molecule has 0 saturated heterocycles. The highest BCUT2D eigenvalue weighted by Crippen LogP contribution is 2.16. The lowest BCUT2D eigenvalue weighted by molar-refractivity contribution is -0.121. The van der Waals surface area contributed by atoms with Gasteiger partial charge in [-0.05, 0) is 23.8 Å². The number of likely N-dealkylation sites (N-methyl/N-ethyl adjacent to an activating group) is 1. The fourth-order valence-electron chi connectivity index (χ4n) is 2.52. The summed E-state index contributed by atoms with van der Waals surface area (Å²) < 4.78 is 6.79. The molecule has 3 aromatic rings. The molecule has 2 amide bonds. The molecule has 1 aromatic carbocycles. The fraction of sp³-hybridized carbons (Fsp3) is 0.211. The second-order valence-corrected chi connectivity index (χ2v) is 6.44. The molecule has 140 valence electrons. The highest BCUT2D eigenvalue weighted by molar-refractivity contribution is 6.31. The molecule has 0 saturated carbocycles. The van der Waals surface area contributed by atoms with E-state index in [2.05, 4.69) is 10.4 Å². The Bertz CT molecular complexity index is 921. The van der Waals surface area contributed by atoms with E-state index in [1.807, 2.05) is 24.3 Å². The van der Waals surface area contributed by atoms with E-state index < -0.39 is 0 Å². The molecule has 0 aliphatic heterocycles. The topological polar surface area (TPSA) is 80.4 Å². The Balaban J connectivity index is 1.54. The van der Waals surface area contributed by atoms with Crippen LogP contribution in [0.1, 0.15) is 21.7 Å². The summed E-state index contributed by atoms with van der Waals surface area (Å²) in [5.41, 5.74) is 1.32. The number of furan rings is 1. The summed E-state index contributed by atoms with van der Waals surface area (Å²) in [5, 5.41) is 7.55. The lowest BCUT2D eigenvalue weighted by Gasteiger charge is -2.15. The van der Waals surface area contributed by atoms with E-state index in [1.165, 1.54) is 17.4 Å². The Hall–Kier alpha value is -3.06. The summed E-state index contributed by atoms with van der Waals surface area (Å²) in [4.78, 5) is 25.8. The van der Waals surface area contributed by atoms with Crippen LogP contribution in [0.25, 0.3) is 0 Å². The van der Waals surface area contributed by atoms with Crippen LogP contribution in [-0.4, -0.2) is 40.1 Å². The van der Waals surface area contributed by atoms with E-state index in [1.54, 1.807) is 30.1 Å². The predicted octanol–water partition coefficient (Wildman–Crippen LogP) is 2.57. The molecule has 1 N–H and O–H groups in total. The zero-order valence-electron chi connectivity index (χ0n) is 14.8. The first kappa shape index (κ1) is 18.7. The van der Waals surface area contributed by atoms with Crippen LogP contribution in [0, 0.1) is 0 Å². The van der Waals surface area contributed by atoms with Crippen LogP contribution in [0.5, 0.6) is 0 Å². The molecular weight excluding hydrogens is 368 g/mol. The minimum Gasteiger partial charge on any atom is -0.467 e. The van der Waals surface area contributed by atoms with Crippen LogP contribution in [0.15, 0.2) is 59.5 Å². The van der Waals surface area contributed by atoms with Gasteiger partial charge in [-0.3, -0.25) is 14.3 Å². The summed E-state index contributed by atoms with van der Waals surface area (Å²) in [6, 6.07) is 11.0. The Morgan fingerprint density at radius 3 is 2.81 bits per heavy atom. The van der Waals surface area contributed by atoms with Gasteiger partial charge < -0.3 is 14.6 Å². The molecule has 0 spiro atoms. The van der Waals surface area contributed by atoms with Crippen molar-refractivity contribution in [1.29, 1.82) is 0 Å². The molecule has 0 aliphatic rings. The zero-order valence-corrected chi connectivity index (χ0v) is 15.5. The van der Waals surface area contributed by atoms with Crippen LogP contribution in [0.2, 0.25) is 5.02 Å². The molecule has 0 aliphatic carbocycles. The molecule has 0 radical (unpaired) electrons. The number of nitrogens with zero attached hydrogens (tertiary/aromatic N) is 3. The molecule has 2 aromatic heterocycles. The van der Waals surface area contributed by atoms with E-state index in [4.69, 9.17) is 16.0 Å². The molecule has 0 unspecified atom stereocenters. The number of hydrogen-bond acceptors (Lipinski definition) is 4. The summed E-state index contributed by atoms with van der Waals surface area (Å²) in [6.45, 7) is 0.680. The van der Waals surface area contributed by atoms with Crippen molar-refractivity contribution < 1.29 is 14.0 Å². The third-order valence-corrected chi connectivity index (χ3v) is 4.31. The van der Waals surface area contributed by atoms with Crippen molar-refractivity contribution in [3.63, 3.8) is 0 Å². The van der Waals surface area contributed by atoms with Gasteiger partial charge in [-0.1, -0.05) is 29.8 Å². The van der Waals surface area contributed by atoms with Crippen molar-refractivity contribution in [3.05, 3.63) is 77.0 Å². The number of carbonyl (C=O) groups is 2. The third-order valence-electron chi connectivity index (χ3n) is 3.94. The minimum absolute atomic E-state index is 0.0603. The number of benzene rings is 1. The van der Waals surface area contributed by atoms with Crippen LogP contribution in [-0.2, 0) is 17.9 Å². The smallest absolute Gasteiger partial charge is 0.257 e. The minimum atomic E-state index is -0.284. The quantitative estimate of drug-likeness (QED) is 0.676. The maximum atomic E-state index is 12.5. The molecule has 3 rings (SSSR count). The van der Waals surface area contributed by atoms with Gasteiger partial charge in [-0.25, -0.2) is 0 Å². The highest BCUT2D eigenvalue weighted by Gasteiger charge is 2.17. The van der Waals surface area contributed by atoms with Gasteiger partial charge in [-0.15, -0.1) is 0 Å². The Morgan fingerprint density at radius 1 is 1.26 bits per heavy atom. The molecule has 0 bridgehead atoms. The van der Waals surface area contributed by atoms with Crippen molar-refractivity contribution in [2.24, 2.45) is 0 Å². The van der Waals surface area contributed by atoms with Crippen molar-refractivity contribution in [2.45, 2.75) is 13.1 Å². The van der Waals surface area contributed by atoms with Crippen molar-refractivity contribution in [1.82, 2.24) is 20.0 Å². The maximum absolute atomic E-state index is 12.5. The number of rotatable bonds is 7. The van der Waals surface area contributed by atoms with Gasteiger partial charge in [0.15, 0.2) is 0 Å². The SMILES string of the molecule is CN(CC(=O)NCc1ccco1)C(=O)c1cnn(Cc2ccccc2Cl)c1. The molecule has 27 heavy (non-hydrogen) atoms. The standard InChI is InChI=1S/C19H19ClN4O3/c1-23(13-18(25)21-10-16-6-4-8-27-16)19(26)15-9-22-24(12-15)11-14-5-2-3-7-17(14)20/h2-9,12H,10-11,13H2,1H3,(H,21,25). The molecule has 2 heterocycles. The Labute approximate surface area is 161 Å². The van der Waals surface area contributed by atoms with Gasteiger partial charge in [0.05, 0.1) is 37.7 Å². The lowest BCUT2D eigenvalue weighted by atomic mass is 10.2. The number of halogens is 1. The van der Waals surface area contributed by atoms with Gasteiger partial charge in [0.2, 0.25) is 5.91 Å². The van der Waals surface area contributed by atoms with E-state index in [-0.39, 0.29) is 24.9 Å². The number of amides is 2. The van der Waals surface area contributed by atoms with Crippen LogP contribution in [0.3, 0.4) is 0 Å². The van der Waals surface area contributed by atoms with Gasteiger partial charge in [-0.2, -0.15) is 5.10 Å². The number of hydrogen-bond donors (Lipinski definition) is 1. The first-order valence-corrected chi connectivity index (χ1v) is 8.71. The monoisotopic (exact) mass is 386 g/mol.